The highest BCUT2D eigenvalue weighted by Crippen LogP contribution is 2.37. The number of anilines is 2. The van der Waals surface area contributed by atoms with Crippen molar-refractivity contribution in [3.8, 4) is 0 Å². The van der Waals surface area contributed by atoms with Gasteiger partial charge in [-0.2, -0.15) is 0 Å². The molecule has 1 amide bonds. The summed E-state index contributed by atoms with van der Waals surface area (Å²) in [7, 11) is 4.09. The largest absolute Gasteiger partial charge is 0.354 e. The minimum absolute atomic E-state index is 0.118. The Labute approximate surface area is 175 Å². The molecule has 29 heavy (non-hydrogen) atoms. The van der Waals surface area contributed by atoms with Crippen LogP contribution in [0.1, 0.15) is 16.7 Å². The molecule has 146 valence electrons. The molecule has 0 saturated carbocycles. The van der Waals surface area contributed by atoms with Crippen molar-refractivity contribution in [3.63, 3.8) is 0 Å². The molecule has 0 radical (unpaired) electrons. The standard InChI is InChI=1S/C24H22ClN3O/c1-28(2)15-16-7-13-19(14-8-16)26-23(17-9-11-18(25)12-10-17)22-20-5-3-4-6-21(20)27-24(22)29/h3-14,26H,15H2,1-2H3,(H,27,29). The van der Waals surface area contributed by atoms with Crippen LogP contribution in [-0.2, 0) is 11.3 Å². The van der Waals surface area contributed by atoms with Gasteiger partial charge in [-0.15, -0.1) is 0 Å². The van der Waals surface area contributed by atoms with E-state index in [-0.39, 0.29) is 5.91 Å². The highest BCUT2D eigenvalue weighted by atomic mass is 35.5. The van der Waals surface area contributed by atoms with Crippen LogP contribution < -0.4 is 10.6 Å². The fraction of sp³-hybridized carbons (Fsp3) is 0.125. The van der Waals surface area contributed by atoms with Crippen molar-refractivity contribution in [2.45, 2.75) is 6.54 Å². The fourth-order valence-electron chi connectivity index (χ4n) is 3.46. The zero-order chi connectivity index (χ0) is 20.4. The van der Waals surface area contributed by atoms with Gasteiger partial charge in [-0.3, -0.25) is 4.79 Å². The number of hydrogen-bond acceptors (Lipinski definition) is 3. The molecule has 1 aliphatic rings. The van der Waals surface area contributed by atoms with E-state index in [1.54, 1.807) is 0 Å². The summed E-state index contributed by atoms with van der Waals surface area (Å²) < 4.78 is 0. The molecule has 0 bridgehead atoms. The summed E-state index contributed by atoms with van der Waals surface area (Å²) in [6.07, 6.45) is 0. The van der Waals surface area contributed by atoms with Gasteiger partial charge in [-0.25, -0.2) is 0 Å². The summed E-state index contributed by atoms with van der Waals surface area (Å²) >= 11 is 6.09. The van der Waals surface area contributed by atoms with Crippen LogP contribution >= 0.6 is 11.6 Å². The van der Waals surface area contributed by atoms with E-state index in [0.717, 1.165) is 34.7 Å². The third kappa shape index (κ3) is 4.19. The zero-order valence-electron chi connectivity index (χ0n) is 16.4. The second-order valence-corrected chi connectivity index (χ2v) is 7.75. The van der Waals surface area contributed by atoms with E-state index in [1.807, 2.05) is 74.8 Å². The van der Waals surface area contributed by atoms with Crippen molar-refractivity contribution in [2.75, 3.05) is 24.7 Å². The average molecular weight is 404 g/mol. The number of para-hydroxylation sites is 1. The van der Waals surface area contributed by atoms with Crippen molar-refractivity contribution >= 4 is 40.2 Å². The first-order chi connectivity index (χ1) is 14.0. The predicted octanol–water partition coefficient (Wildman–Crippen LogP) is 5.33. The van der Waals surface area contributed by atoms with Crippen LogP contribution in [0.2, 0.25) is 5.02 Å². The van der Waals surface area contributed by atoms with Gasteiger partial charge in [0.1, 0.15) is 0 Å². The zero-order valence-corrected chi connectivity index (χ0v) is 17.1. The molecule has 0 saturated heterocycles. The number of amides is 1. The minimum Gasteiger partial charge on any atom is -0.354 e. The Morgan fingerprint density at radius 1 is 0.966 bits per heavy atom. The van der Waals surface area contributed by atoms with E-state index in [9.17, 15) is 4.79 Å². The van der Waals surface area contributed by atoms with Crippen molar-refractivity contribution in [3.05, 3.63) is 94.5 Å². The van der Waals surface area contributed by atoms with Crippen molar-refractivity contribution in [1.82, 2.24) is 4.90 Å². The van der Waals surface area contributed by atoms with Crippen LogP contribution in [0, 0.1) is 0 Å². The first kappa shape index (κ1) is 19.2. The topological polar surface area (TPSA) is 44.4 Å². The molecule has 1 heterocycles. The maximum Gasteiger partial charge on any atom is 0.258 e. The lowest BCUT2D eigenvalue weighted by Crippen LogP contribution is -2.11. The average Bonchev–Trinajstić information content (AvgIpc) is 3.03. The van der Waals surface area contributed by atoms with E-state index in [4.69, 9.17) is 11.6 Å². The van der Waals surface area contributed by atoms with E-state index >= 15 is 0 Å². The quantitative estimate of drug-likeness (QED) is 0.565. The summed E-state index contributed by atoms with van der Waals surface area (Å²) in [6, 6.07) is 23.5. The molecular weight excluding hydrogens is 382 g/mol. The van der Waals surface area contributed by atoms with E-state index < -0.39 is 0 Å². The summed E-state index contributed by atoms with van der Waals surface area (Å²) in [6.45, 7) is 0.876. The van der Waals surface area contributed by atoms with Gasteiger partial charge in [0.05, 0.1) is 11.3 Å². The second kappa shape index (κ2) is 8.11. The Kier molecular flexibility index (Phi) is 5.38. The van der Waals surface area contributed by atoms with E-state index in [1.165, 1.54) is 5.56 Å². The number of carbonyl (C=O) groups excluding carboxylic acids is 1. The van der Waals surface area contributed by atoms with Gasteiger partial charge in [0, 0.05) is 28.5 Å². The lowest BCUT2D eigenvalue weighted by Gasteiger charge is -2.16. The molecule has 0 atom stereocenters. The Morgan fingerprint density at radius 2 is 1.66 bits per heavy atom. The van der Waals surface area contributed by atoms with Crippen LogP contribution in [0.3, 0.4) is 0 Å². The van der Waals surface area contributed by atoms with Gasteiger partial charge < -0.3 is 15.5 Å². The molecule has 0 fully saturated rings. The van der Waals surface area contributed by atoms with Crippen LogP contribution in [0.5, 0.6) is 0 Å². The highest BCUT2D eigenvalue weighted by molar-refractivity contribution is 6.37. The number of fused-ring (bicyclic) bond motifs is 1. The molecule has 5 heteroatoms. The Bertz CT molecular complexity index is 1070. The Balaban J connectivity index is 1.78. The molecule has 1 aliphatic heterocycles. The number of benzene rings is 3. The molecule has 2 N–H and O–H groups in total. The normalized spacial score (nSPS) is 14.6. The monoisotopic (exact) mass is 403 g/mol. The maximum atomic E-state index is 12.8. The van der Waals surface area contributed by atoms with Crippen LogP contribution in [0.15, 0.2) is 72.8 Å². The summed E-state index contributed by atoms with van der Waals surface area (Å²) in [5.41, 5.74) is 6.13. The van der Waals surface area contributed by atoms with Gasteiger partial charge in [-0.05, 0) is 55.6 Å². The summed E-state index contributed by atoms with van der Waals surface area (Å²) in [4.78, 5) is 15.0. The number of nitrogens with one attached hydrogen (secondary N) is 2. The second-order valence-electron chi connectivity index (χ2n) is 7.32. The van der Waals surface area contributed by atoms with Crippen molar-refractivity contribution in [1.29, 1.82) is 0 Å². The SMILES string of the molecule is CN(C)Cc1ccc(NC(=C2C(=O)Nc3ccccc32)c2ccc(Cl)cc2)cc1. The van der Waals surface area contributed by atoms with Crippen LogP contribution in [0.25, 0.3) is 11.3 Å². The smallest absolute Gasteiger partial charge is 0.258 e. The van der Waals surface area contributed by atoms with Gasteiger partial charge >= 0.3 is 0 Å². The van der Waals surface area contributed by atoms with Crippen LogP contribution in [-0.4, -0.2) is 24.9 Å². The lowest BCUT2D eigenvalue weighted by atomic mass is 10.00. The van der Waals surface area contributed by atoms with Crippen molar-refractivity contribution in [2.24, 2.45) is 0 Å². The van der Waals surface area contributed by atoms with E-state index in [0.29, 0.717) is 10.6 Å². The molecular formula is C24H22ClN3O. The van der Waals surface area contributed by atoms with Gasteiger partial charge in [0.2, 0.25) is 0 Å². The lowest BCUT2D eigenvalue weighted by molar-refractivity contribution is -0.110. The first-order valence-corrected chi connectivity index (χ1v) is 9.81. The first-order valence-electron chi connectivity index (χ1n) is 9.43. The number of rotatable bonds is 5. The van der Waals surface area contributed by atoms with Crippen molar-refractivity contribution < 1.29 is 4.79 Å². The summed E-state index contributed by atoms with van der Waals surface area (Å²) in [5.74, 6) is -0.118. The van der Waals surface area contributed by atoms with Gasteiger partial charge in [0.25, 0.3) is 5.91 Å². The third-order valence-corrected chi connectivity index (χ3v) is 5.03. The summed E-state index contributed by atoms with van der Waals surface area (Å²) in [5, 5.41) is 7.08. The molecule has 4 nitrogen and oxygen atoms in total. The maximum absolute atomic E-state index is 12.8. The minimum atomic E-state index is -0.118. The molecule has 0 spiro atoms. The Morgan fingerprint density at radius 3 is 2.34 bits per heavy atom. The molecule has 3 aromatic carbocycles. The molecule has 4 rings (SSSR count). The molecule has 0 aliphatic carbocycles. The highest BCUT2D eigenvalue weighted by Gasteiger charge is 2.28. The number of halogens is 1. The fourth-order valence-corrected chi connectivity index (χ4v) is 3.59. The number of hydrogen-bond donors (Lipinski definition) is 2. The number of carbonyl (C=O) groups is 1. The van der Waals surface area contributed by atoms with Gasteiger partial charge in [0.15, 0.2) is 0 Å². The van der Waals surface area contributed by atoms with Crippen LogP contribution in [0.4, 0.5) is 11.4 Å². The molecule has 3 aromatic rings. The predicted molar refractivity (Wildman–Crippen MR) is 121 cm³/mol. The number of nitrogens with zero attached hydrogens (tertiary/aromatic N) is 1. The third-order valence-electron chi connectivity index (χ3n) is 4.78. The van der Waals surface area contributed by atoms with E-state index in [2.05, 4.69) is 27.7 Å². The van der Waals surface area contributed by atoms with Gasteiger partial charge in [-0.1, -0.05) is 54.1 Å². The molecule has 0 unspecified atom stereocenters. The molecule has 0 aromatic heterocycles. The Hall–Kier alpha value is -3.08.